The Labute approximate surface area is 173 Å². The third-order valence-electron chi connectivity index (χ3n) is 5.92. The number of anilines is 1. The van der Waals surface area contributed by atoms with Crippen molar-refractivity contribution in [3.05, 3.63) is 59.7 Å². The first kappa shape index (κ1) is 20.0. The van der Waals surface area contributed by atoms with Crippen molar-refractivity contribution in [1.29, 1.82) is 0 Å². The number of sulfonamides is 1. The molecule has 0 saturated carbocycles. The first-order chi connectivity index (χ1) is 14.1. The number of carbonyl (C=O) groups excluding carboxylic acids is 1. The highest BCUT2D eigenvalue weighted by molar-refractivity contribution is 7.92. The predicted octanol–water partition coefficient (Wildman–Crippen LogP) is 3.77. The summed E-state index contributed by atoms with van der Waals surface area (Å²) in [7, 11) is -3.58. The van der Waals surface area contributed by atoms with E-state index in [0.717, 1.165) is 55.6 Å². The van der Waals surface area contributed by atoms with Gasteiger partial charge in [-0.15, -0.1) is 0 Å². The van der Waals surface area contributed by atoms with Crippen molar-refractivity contribution in [2.24, 2.45) is 0 Å². The first-order valence-electron chi connectivity index (χ1n) is 10.5. The van der Waals surface area contributed by atoms with Crippen molar-refractivity contribution in [2.75, 3.05) is 23.9 Å². The molecule has 0 aliphatic carbocycles. The van der Waals surface area contributed by atoms with Crippen LogP contribution in [0, 0.1) is 0 Å². The Morgan fingerprint density at radius 3 is 2.34 bits per heavy atom. The number of carbonyl (C=O) groups is 1. The lowest BCUT2D eigenvalue weighted by Crippen LogP contribution is -2.35. The summed E-state index contributed by atoms with van der Waals surface area (Å²) in [6, 6.07) is 14.7. The molecule has 4 rings (SSSR count). The van der Waals surface area contributed by atoms with Crippen LogP contribution in [0.3, 0.4) is 0 Å². The molecule has 2 aliphatic heterocycles. The normalized spacial score (nSPS) is 17.1. The molecule has 1 saturated heterocycles. The standard InChI is InChI=1S/C23H28N2O3S/c26-23(24-16-4-1-5-17-24)15-12-19-10-13-21(14-11-19)29(27,28)25-18-6-8-20-7-2-3-9-22(20)25/h2-3,7,9-11,13-14H,1,4-6,8,12,15-18H2. The van der Waals surface area contributed by atoms with Crippen LogP contribution in [0.25, 0.3) is 0 Å². The fourth-order valence-corrected chi connectivity index (χ4v) is 5.80. The maximum atomic E-state index is 13.2. The molecule has 0 radical (unpaired) electrons. The summed E-state index contributed by atoms with van der Waals surface area (Å²) in [6.45, 7) is 2.24. The topological polar surface area (TPSA) is 57.7 Å². The number of rotatable bonds is 5. The van der Waals surface area contributed by atoms with Gasteiger partial charge in [0.05, 0.1) is 10.6 Å². The zero-order valence-corrected chi connectivity index (χ0v) is 17.5. The third-order valence-corrected chi connectivity index (χ3v) is 7.74. The third kappa shape index (κ3) is 4.32. The van der Waals surface area contributed by atoms with Gasteiger partial charge < -0.3 is 4.90 Å². The quantitative estimate of drug-likeness (QED) is 0.751. The van der Waals surface area contributed by atoms with Crippen molar-refractivity contribution in [3.63, 3.8) is 0 Å². The zero-order chi connectivity index (χ0) is 20.3. The molecule has 154 valence electrons. The summed E-state index contributed by atoms with van der Waals surface area (Å²) in [5.41, 5.74) is 2.86. The Bertz CT molecular complexity index is 964. The molecule has 0 unspecified atom stereocenters. The lowest BCUT2D eigenvalue weighted by molar-refractivity contribution is -0.132. The highest BCUT2D eigenvalue weighted by Crippen LogP contribution is 2.31. The summed E-state index contributed by atoms with van der Waals surface area (Å²) in [6.07, 6.45) is 6.25. The minimum Gasteiger partial charge on any atom is -0.343 e. The van der Waals surface area contributed by atoms with Gasteiger partial charge in [-0.3, -0.25) is 9.10 Å². The van der Waals surface area contributed by atoms with E-state index in [2.05, 4.69) is 0 Å². The molecule has 1 amide bonds. The maximum absolute atomic E-state index is 13.2. The summed E-state index contributed by atoms with van der Waals surface area (Å²) in [4.78, 5) is 14.6. The Morgan fingerprint density at radius 2 is 1.59 bits per heavy atom. The highest BCUT2D eigenvalue weighted by Gasteiger charge is 2.28. The number of piperidine rings is 1. The lowest BCUT2D eigenvalue weighted by Gasteiger charge is -2.30. The minimum absolute atomic E-state index is 0.200. The number of hydrogen-bond donors (Lipinski definition) is 0. The Hall–Kier alpha value is -2.34. The number of para-hydroxylation sites is 1. The molecule has 0 atom stereocenters. The summed E-state index contributed by atoms with van der Waals surface area (Å²) >= 11 is 0. The molecular formula is C23H28N2O3S. The molecular weight excluding hydrogens is 384 g/mol. The van der Waals surface area contributed by atoms with E-state index in [1.54, 1.807) is 12.1 Å². The lowest BCUT2D eigenvalue weighted by atomic mass is 10.0. The zero-order valence-electron chi connectivity index (χ0n) is 16.7. The molecule has 6 heteroatoms. The van der Waals surface area contributed by atoms with Crippen molar-refractivity contribution < 1.29 is 13.2 Å². The highest BCUT2D eigenvalue weighted by atomic mass is 32.2. The van der Waals surface area contributed by atoms with Gasteiger partial charge in [0.15, 0.2) is 0 Å². The minimum atomic E-state index is -3.58. The van der Waals surface area contributed by atoms with Gasteiger partial charge in [0, 0.05) is 26.1 Å². The first-order valence-corrected chi connectivity index (χ1v) is 12.0. The van der Waals surface area contributed by atoms with Gasteiger partial charge in [0.2, 0.25) is 5.91 Å². The van der Waals surface area contributed by atoms with E-state index in [9.17, 15) is 13.2 Å². The molecule has 5 nitrogen and oxygen atoms in total. The number of nitrogens with zero attached hydrogens (tertiary/aromatic N) is 2. The van der Waals surface area contributed by atoms with Crippen LogP contribution in [-0.2, 0) is 27.7 Å². The molecule has 0 N–H and O–H groups in total. The van der Waals surface area contributed by atoms with Crippen LogP contribution in [0.1, 0.15) is 43.2 Å². The van der Waals surface area contributed by atoms with Crippen LogP contribution in [0.5, 0.6) is 0 Å². The maximum Gasteiger partial charge on any atom is 0.264 e. The van der Waals surface area contributed by atoms with Gasteiger partial charge in [-0.1, -0.05) is 30.3 Å². The van der Waals surface area contributed by atoms with Gasteiger partial charge in [-0.2, -0.15) is 0 Å². The average molecular weight is 413 g/mol. The molecule has 1 fully saturated rings. The fraction of sp³-hybridized carbons (Fsp3) is 0.435. The predicted molar refractivity (Wildman–Crippen MR) is 114 cm³/mol. The van der Waals surface area contributed by atoms with Crippen molar-refractivity contribution in [2.45, 2.75) is 49.8 Å². The van der Waals surface area contributed by atoms with Crippen LogP contribution in [0.2, 0.25) is 0 Å². The van der Waals surface area contributed by atoms with E-state index in [0.29, 0.717) is 24.3 Å². The summed E-state index contributed by atoms with van der Waals surface area (Å²) in [5, 5.41) is 0. The van der Waals surface area contributed by atoms with Crippen LogP contribution in [-0.4, -0.2) is 38.9 Å². The van der Waals surface area contributed by atoms with Gasteiger partial charge in [0.1, 0.15) is 0 Å². The Kier molecular flexibility index (Phi) is 5.90. The molecule has 2 aromatic carbocycles. The van der Waals surface area contributed by atoms with Crippen LogP contribution in [0.15, 0.2) is 53.4 Å². The van der Waals surface area contributed by atoms with E-state index in [1.807, 2.05) is 41.3 Å². The van der Waals surface area contributed by atoms with E-state index in [-0.39, 0.29) is 5.91 Å². The van der Waals surface area contributed by atoms with Crippen LogP contribution >= 0.6 is 0 Å². The van der Waals surface area contributed by atoms with Gasteiger partial charge in [0.25, 0.3) is 10.0 Å². The number of amides is 1. The number of aryl methyl sites for hydroxylation is 2. The smallest absolute Gasteiger partial charge is 0.264 e. The van der Waals surface area contributed by atoms with Crippen molar-refractivity contribution in [1.82, 2.24) is 4.90 Å². The van der Waals surface area contributed by atoms with Crippen molar-refractivity contribution >= 4 is 21.6 Å². The number of fused-ring (bicyclic) bond motifs is 1. The van der Waals surface area contributed by atoms with Gasteiger partial charge in [-0.25, -0.2) is 8.42 Å². The van der Waals surface area contributed by atoms with Gasteiger partial charge >= 0.3 is 0 Å². The summed E-state index contributed by atoms with van der Waals surface area (Å²) in [5.74, 6) is 0.200. The molecule has 0 aromatic heterocycles. The molecule has 0 spiro atoms. The molecule has 0 bridgehead atoms. The van der Waals surface area contributed by atoms with Gasteiger partial charge in [-0.05, 0) is 67.9 Å². The molecule has 29 heavy (non-hydrogen) atoms. The van der Waals surface area contributed by atoms with E-state index in [4.69, 9.17) is 0 Å². The summed E-state index contributed by atoms with van der Waals surface area (Å²) < 4.78 is 27.9. The monoisotopic (exact) mass is 412 g/mol. The number of benzene rings is 2. The number of hydrogen-bond acceptors (Lipinski definition) is 3. The SMILES string of the molecule is O=C(CCc1ccc(S(=O)(=O)N2CCCc3ccccc32)cc1)N1CCCCC1. The van der Waals surface area contributed by atoms with Crippen LogP contribution in [0.4, 0.5) is 5.69 Å². The second kappa shape index (κ2) is 8.57. The Morgan fingerprint density at radius 1 is 0.862 bits per heavy atom. The fourth-order valence-electron chi connectivity index (χ4n) is 4.26. The average Bonchev–Trinajstić information content (AvgIpc) is 2.78. The van der Waals surface area contributed by atoms with Crippen LogP contribution < -0.4 is 4.31 Å². The second-order valence-electron chi connectivity index (χ2n) is 7.89. The van der Waals surface area contributed by atoms with E-state index in [1.165, 1.54) is 10.7 Å². The second-order valence-corrected chi connectivity index (χ2v) is 9.76. The Balaban J connectivity index is 1.44. The van der Waals surface area contributed by atoms with E-state index >= 15 is 0 Å². The van der Waals surface area contributed by atoms with E-state index < -0.39 is 10.0 Å². The molecule has 2 heterocycles. The molecule has 2 aromatic rings. The number of likely N-dealkylation sites (tertiary alicyclic amines) is 1. The van der Waals surface area contributed by atoms with Crippen molar-refractivity contribution in [3.8, 4) is 0 Å². The largest absolute Gasteiger partial charge is 0.343 e. The molecule has 2 aliphatic rings.